The lowest BCUT2D eigenvalue weighted by Crippen LogP contribution is -2.25. The number of ether oxygens (including phenoxy) is 1. The Kier molecular flexibility index (Phi) is 6.11. The van der Waals surface area contributed by atoms with Crippen LogP contribution in [-0.2, 0) is 4.79 Å². The summed E-state index contributed by atoms with van der Waals surface area (Å²) in [4.78, 5) is 15.9. The van der Waals surface area contributed by atoms with Gasteiger partial charge in [-0.1, -0.05) is 24.3 Å². The summed E-state index contributed by atoms with van der Waals surface area (Å²) >= 11 is 0. The fraction of sp³-hybridized carbons (Fsp3) is 0.0909. The summed E-state index contributed by atoms with van der Waals surface area (Å²) in [6.07, 6.45) is 3.33. The number of nitriles is 1. The molecule has 1 heterocycles. The van der Waals surface area contributed by atoms with Crippen LogP contribution in [0.15, 0.2) is 78.2 Å². The largest absolute Gasteiger partial charge is 0.484 e. The number of benzene rings is 2. The molecule has 1 N–H and O–H groups in total. The first-order valence-electron chi connectivity index (χ1n) is 8.62. The number of carbonyl (C=O) groups is 1. The van der Waals surface area contributed by atoms with Crippen LogP contribution in [0.4, 0.5) is 0 Å². The zero-order valence-electron chi connectivity index (χ0n) is 15.3. The third kappa shape index (κ3) is 5.02. The van der Waals surface area contributed by atoms with E-state index in [1.54, 1.807) is 43.6 Å². The lowest BCUT2D eigenvalue weighted by atomic mass is 10.0. The fourth-order valence-corrected chi connectivity index (χ4v) is 2.47. The molecule has 0 aliphatic rings. The Morgan fingerprint density at radius 3 is 2.25 bits per heavy atom. The maximum absolute atomic E-state index is 11.9. The minimum atomic E-state index is -0.343. The van der Waals surface area contributed by atoms with Crippen LogP contribution in [0.5, 0.6) is 5.75 Å². The van der Waals surface area contributed by atoms with Crippen molar-refractivity contribution in [2.24, 2.45) is 5.10 Å². The number of pyridine rings is 1. The summed E-state index contributed by atoms with van der Waals surface area (Å²) in [7, 11) is 0. The van der Waals surface area contributed by atoms with E-state index in [4.69, 9.17) is 10.00 Å². The highest BCUT2D eigenvalue weighted by molar-refractivity contribution is 5.99. The van der Waals surface area contributed by atoms with E-state index in [1.165, 1.54) is 0 Å². The van der Waals surface area contributed by atoms with Gasteiger partial charge in [-0.25, -0.2) is 5.43 Å². The average molecular weight is 370 g/mol. The number of nitrogens with one attached hydrogen (secondary N) is 1. The fourth-order valence-electron chi connectivity index (χ4n) is 2.47. The average Bonchev–Trinajstić information content (AvgIpc) is 2.77. The van der Waals surface area contributed by atoms with E-state index in [-0.39, 0.29) is 12.5 Å². The Labute approximate surface area is 163 Å². The van der Waals surface area contributed by atoms with Gasteiger partial charge in [-0.05, 0) is 54.4 Å². The molecule has 6 nitrogen and oxygen atoms in total. The van der Waals surface area contributed by atoms with Crippen LogP contribution in [0, 0.1) is 11.3 Å². The molecule has 0 aliphatic heterocycles. The topological polar surface area (TPSA) is 87.4 Å². The van der Waals surface area contributed by atoms with Crippen molar-refractivity contribution in [2.75, 3.05) is 6.61 Å². The van der Waals surface area contributed by atoms with E-state index < -0.39 is 0 Å². The number of hydrogen-bond acceptors (Lipinski definition) is 5. The van der Waals surface area contributed by atoms with Gasteiger partial charge in [0.1, 0.15) is 5.75 Å². The minimum Gasteiger partial charge on any atom is -0.484 e. The van der Waals surface area contributed by atoms with Gasteiger partial charge < -0.3 is 4.74 Å². The lowest BCUT2D eigenvalue weighted by molar-refractivity contribution is -0.123. The molecule has 0 fully saturated rings. The molecule has 0 saturated heterocycles. The number of rotatable bonds is 6. The summed E-state index contributed by atoms with van der Waals surface area (Å²) in [5.41, 5.74) is 6.67. The zero-order valence-corrected chi connectivity index (χ0v) is 15.3. The third-order valence-corrected chi connectivity index (χ3v) is 4.02. The lowest BCUT2D eigenvalue weighted by Gasteiger charge is -2.07. The zero-order chi connectivity index (χ0) is 19.8. The Balaban J connectivity index is 1.53. The monoisotopic (exact) mass is 370 g/mol. The first-order chi connectivity index (χ1) is 13.7. The van der Waals surface area contributed by atoms with Crippen LogP contribution in [0.25, 0.3) is 11.1 Å². The Morgan fingerprint density at radius 1 is 1.04 bits per heavy atom. The molecule has 28 heavy (non-hydrogen) atoms. The molecule has 3 aromatic rings. The first kappa shape index (κ1) is 18.8. The molecule has 138 valence electrons. The maximum Gasteiger partial charge on any atom is 0.277 e. The smallest absolute Gasteiger partial charge is 0.277 e. The molecule has 0 saturated carbocycles. The SMILES string of the molecule is C/C(=N\NC(=O)COc1ccc(-c2ccc(C#N)cc2)cc1)c1ccncc1. The first-order valence-corrected chi connectivity index (χ1v) is 8.62. The van der Waals surface area contributed by atoms with Gasteiger partial charge in [0.2, 0.25) is 0 Å². The normalized spacial score (nSPS) is 10.8. The highest BCUT2D eigenvalue weighted by Gasteiger charge is 2.04. The van der Waals surface area contributed by atoms with Crippen LogP contribution >= 0.6 is 0 Å². The molecular weight excluding hydrogens is 352 g/mol. The second-order valence-corrected chi connectivity index (χ2v) is 5.97. The van der Waals surface area contributed by atoms with E-state index in [1.807, 2.05) is 36.4 Å². The van der Waals surface area contributed by atoms with Crippen molar-refractivity contribution in [2.45, 2.75) is 6.92 Å². The number of nitrogens with zero attached hydrogens (tertiary/aromatic N) is 3. The quantitative estimate of drug-likeness (QED) is 0.531. The van der Waals surface area contributed by atoms with Gasteiger partial charge >= 0.3 is 0 Å². The van der Waals surface area contributed by atoms with Crippen LogP contribution in [0.2, 0.25) is 0 Å². The van der Waals surface area contributed by atoms with E-state index in [2.05, 4.69) is 21.6 Å². The number of aromatic nitrogens is 1. The van der Waals surface area contributed by atoms with Crippen LogP contribution < -0.4 is 10.2 Å². The molecule has 3 rings (SSSR count). The number of carbonyl (C=O) groups excluding carboxylic acids is 1. The van der Waals surface area contributed by atoms with Crippen molar-refractivity contribution in [3.05, 3.63) is 84.2 Å². The van der Waals surface area contributed by atoms with Crippen molar-refractivity contribution in [3.63, 3.8) is 0 Å². The van der Waals surface area contributed by atoms with Crippen LogP contribution in [-0.4, -0.2) is 23.2 Å². The number of hydrogen-bond donors (Lipinski definition) is 1. The van der Waals surface area contributed by atoms with Gasteiger partial charge in [0.25, 0.3) is 5.91 Å². The van der Waals surface area contributed by atoms with Crippen LogP contribution in [0.3, 0.4) is 0 Å². The number of hydrazone groups is 1. The second-order valence-electron chi connectivity index (χ2n) is 5.97. The van der Waals surface area contributed by atoms with Gasteiger partial charge in [0, 0.05) is 18.0 Å². The van der Waals surface area contributed by atoms with Gasteiger partial charge in [-0.2, -0.15) is 10.4 Å². The summed E-state index contributed by atoms with van der Waals surface area (Å²) in [6, 6.07) is 20.5. The van der Waals surface area contributed by atoms with Crippen molar-refractivity contribution < 1.29 is 9.53 Å². The molecule has 0 aliphatic carbocycles. The summed E-state index contributed by atoms with van der Waals surface area (Å²) in [5, 5.41) is 12.9. The maximum atomic E-state index is 11.9. The second kappa shape index (κ2) is 9.10. The molecule has 0 radical (unpaired) electrons. The Hall–Kier alpha value is -3.98. The molecule has 0 spiro atoms. The number of amides is 1. The summed E-state index contributed by atoms with van der Waals surface area (Å²) in [5.74, 6) is 0.243. The van der Waals surface area contributed by atoms with Crippen molar-refractivity contribution in [1.82, 2.24) is 10.4 Å². The highest BCUT2D eigenvalue weighted by atomic mass is 16.5. The molecule has 6 heteroatoms. The molecule has 1 aromatic heterocycles. The van der Waals surface area contributed by atoms with Crippen molar-refractivity contribution >= 4 is 11.6 Å². The molecule has 0 bridgehead atoms. The highest BCUT2D eigenvalue weighted by Crippen LogP contribution is 2.22. The molecule has 2 aromatic carbocycles. The van der Waals surface area contributed by atoms with Gasteiger partial charge in [-0.3, -0.25) is 9.78 Å². The summed E-state index contributed by atoms with van der Waals surface area (Å²) < 4.78 is 5.50. The van der Waals surface area contributed by atoms with Crippen LogP contribution in [0.1, 0.15) is 18.1 Å². The van der Waals surface area contributed by atoms with Crippen molar-refractivity contribution in [1.29, 1.82) is 5.26 Å². The summed E-state index contributed by atoms with van der Waals surface area (Å²) in [6.45, 7) is 1.67. The molecule has 1 amide bonds. The molecule has 0 atom stereocenters. The molecular formula is C22H18N4O2. The third-order valence-electron chi connectivity index (χ3n) is 4.02. The van der Waals surface area contributed by atoms with E-state index in [9.17, 15) is 4.79 Å². The van der Waals surface area contributed by atoms with E-state index in [0.29, 0.717) is 17.0 Å². The standard InChI is InChI=1S/C22H18N4O2/c1-16(18-10-12-24-13-11-18)25-26-22(27)15-28-21-8-6-20(7-9-21)19-4-2-17(14-23)3-5-19/h2-13H,15H2,1H3,(H,26,27)/b25-16+. The van der Waals surface area contributed by atoms with E-state index in [0.717, 1.165) is 16.7 Å². The predicted octanol–water partition coefficient (Wildman–Crippen LogP) is 3.54. The van der Waals surface area contributed by atoms with Gasteiger partial charge in [0.05, 0.1) is 17.3 Å². The van der Waals surface area contributed by atoms with Gasteiger partial charge in [-0.15, -0.1) is 0 Å². The van der Waals surface area contributed by atoms with E-state index >= 15 is 0 Å². The molecule has 0 unspecified atom stereocenters. The predicted molar refractivity (Wildman–Crippen MR) is 107 cm³/mol. The Bertz CT molecular complexity index is 1010. The van der Waals surface area contributed by atoms with Gasteiger partial charge in [0.15, 0.2) is 6.61 Å². The minimum absolute atomic E-state index is 0.136. The van der Waals surface area contributed by atoms with Crippen molar-refractivity contribution in [3.8, 4) is 22.9 Å². The Morgan fingerprint density at radius 2 is 1.64 bits per heavy atom.